The molecule has 0 aliphatic carbocycles. The van der Waals surface area contributed by atoms with Crippen molar-refractivity contribution in [2.45, 2.75) is 5.75 Å². The second-order valence-corrected chi connectivity index (χ2v) is 4.34. The molecule has 1 aromatic carbocycles. The van der Waals surface area contributed by atoms with Crippen LogP contribution in [0.3, 0.4) is 0 Å². The van der Waals surface area contributed by atoms with Crippen molar-refractivity contribution in [3.63, 3.8) is 0 Å². The molecule has 5 nitrogen and oxygen atoms in total. The summed E-state index contributed by atoms with van der Waals surface area (Å²) in [6, 6.07) is 10.2. The van der Waals surface area contributed by atoms with Crippen LogP contribution in [-0.2, 0) is 10.6 Å². The molecule has 1 aliphatic heterocycles. The SMILES string of the molecule is CO[N+]1(C)N=NN=C1SCc1ccccc1. The molecule has 16 heavy (non-hydrogen) atoms. The minimum absolute atomic E-state index is 0.0303. The fourth-order valence-corrected chi connectivity index (χ4v) is 2.17. The van der Waals surface area contributed by atoms with Crippen molar-refractivity contribution in [3.05, 3.63) is 35.9 Å². The third kappa shape index (κ3) is 2.29. The molecule has 1 heterocycles. The maximum absolute atomic E-state index is 5.23. The molecule has 1 atom stereocenters. The Hall–Kier alpha value is -1.24. The molecular weight excluding hydrogens is 224 g/mol. The Morgan fingerprint density at radius 1 is 1.31 bits per heavy atom. The van der Waals surface area contributed by atoms with Crippen LogP contribution >= 0.6 is 11.8 Å². The smallest absolute Gasteiger partial charge is 0.169 e. The highest BCUT2D eigenvalue weighted by Gasteiger charge is 2.37. The molecular formula is C10H13N4OS+. The number of amidine groups is 1. The van der Waals surface area contributed by atoms with Gasteiger partial charge in [0.1, 0.15) is 7.05 Å². The Morgan fingerprint density at radius 2 is 2.06 bits per heavy atom. The summed E-state index contributed by atoms with van der Waals surface area (Å²) in [6.45, 7) is 0. The fraction of sp³-hybridized carbons (Fsp3) is 0.300. The van der Waals surface area contributed by atoms with Gasteiger partial charge in [0.05, 0.1) is 12.3 Å². The molecule has 2 rings (SSSR count). The zero-order valence-corrected chi connectivity index (χ0v) is 10.0. The lowest BCUT2D eigenvalue weighted by Crippen LogP contribution is -2.39. The highest BCUT2D eigenvalue weighted by atomic mass is 32.2. The fourth-order valence-electron chi connectivity index (χ4n) is 1.24. The lowest BCUT2D eigenvalue weighted by Gasteiger charge is -2.16. The number of benzene rings is 1. The number of nitrogens with zero attached hydrogens (tertiary/aromatic N) is 4. The van der Waals surface area contributed by atoms with E-state index in [0.717, 1.165) is 10.9 Å². The van der Waals surface area contributed by atoms with E-state index in [0.29, 0.717) is 0 Å². The molecule has 0 radical (unpaired) electrons. The maximum atomic E-state index is 5.23. The van der Waals surface area contributed by atoms with Crippen molar-refractivity contribution in [2.75, 3.05) is 14.2 Å². The first-order valence-corrected chi connectivity index (χ1v) is 5.83. The number of rotatable bonds is 3. The van der Waals surface area contributed by atoms with Crippen LogP contribution in [0.15, 0.2) is 45.9 Å². The number of hydrogen-bond donors (Lipinski definition) is 0. The summed E-state index contributed by atoms with van der Waals surface area (Å²) in [4.78, 5) is 5.23. The van der Waals surface area contributed by atoms with E-state index in [1.165, 1.54) is 5.56 Å². The Kier molecular flexibility index (Phi) is 3.33. The Labute approximate surface area is 98.3 Å². The first-order valence-electron chi connectivity index (χ1n) is 4.84. The molecule has 0 spiro atoms. The molecule has 6 heteroatoms. The van der Waals surface area contributed by atoms with Crippen LogP contribution in [0.5, 0.6) is 0 Å². The van der Waals surface area contributed by atoms with Crippen LogP contribution in [-0.4, -0.2) is 24.1 Å². The normalized spacial score (nSPS) is 23.5. The highest BCUT2D eigenvalue weighted by molar-refractivity contribution is 8.12. The molecule has 1 unspecified atom stereocenters. The number of hydroxylamine groups is 2. The molecule has 84 valence electrons. The standard InChI is InChI=1S/C10H13N4OS/c1-14(15-2)10(11-12-13-14)16-8-9-6-4-3-5-7-9/h3-7H,8H2,1-2H3/q+1. The van der Waals surface area contributed by atoms with Gasteiger partial charge in [0.2, 0.25) is 0 Å². The summed E-state index contributed by atoms with van der Waals surface area (Å²) in [5.41, 5.74) is 1.24. The maximum Gasteiger partial charge on any atom is 0.346 e. The predicted molar refractivity (Wildman–Crippen MR) is 63.2 cm³/mol. The van der Waals surface area contributed by atoms with E-state index in [2.05, 4.69) is 27.7 Å². The number of hydrogen-bond acceptors (Lipinski definition) is 5. The summed E-state index contributed by atoms with van der Waals surface area (Å²) >= 11 is 1.58. The van der Waals surface area contributed by atoms with Crippen molar-refractivity contribution in [1.29, 1.82) is 0 Å². The molecule has 0 fully saturated rings. The minimum Gasteiger partial charge on any atom is -0.169 e. The van der Waals surface area contributed by atoms with Gasteiger partial charge in [-0.1, -0.05) is 35.4 Å². The van der Waals surface area contributed by atoms with Gasteiger partial charge in [-0.15, -0.1) is 0 Å². The summed E-state index contributed by atoms with van der Waals surface area (Å²) in [7, 11) is 3.39. The molecule has 1 aromatic rings. The Balaban J connectivity index is 1.97. The van der Waals surface area contributed by atoms with Gasteiger partial charge in [0.25, 0.3) is 0 Å². The molecule has 0 saturated carbocycles. The van der Waals surface area contributed by atoms with E-state index < -0.39 is 0 Å². The monoisotopic (exact) mass is 237 g/mol. The van der Waals surface area contributed by atoms with Crippen molar-refractivity contribution in [1.82, 2.24) is 0 Å². The first-order chi connectivity index (χ1) is 7.74. The lowest BCUT2D eigenvalue weighted by molar-refractivity contribution is -1.02. The minimum atomic E-state index is -0.0303. The van der Waals surface area contributed by atoms with E-state index in [1.807, 2.05) is 18.2 Å². The Morgan fingerprint density at radius 3 is 2.75 bits per heavy atom. The predicted octanol–water partition coefficient (Wildman–Crippen LogP) is 2.58. The van der Waals surface area contributed by atoms with Crippen molar-refractivity contribution in [3.8, 4) is 0 Å². The zero-order chi connectivity index (χ0) is 11.4. The average Bonchev–Trinajstić information content (AvgIpc) is 2.70. The summed E-state index contributed by atoms with van der Waals surface area (Å²) < 4.78 is -0.0303. The van der Waals surface area contributed by atoms with Crippen LogP contribution < -0.4 is 0 Å². The van der Waals surface area contributed by atoms with Gasteiger partial charge in [0.15, 0.2) is 0 Å². The van der Waals surface area contributed by atoms with Gasteiger partial charge in [0, 0.05) is 15.7 Å². The summed E-state index contributed by atoms with van der Waals surface area (Å²) in [5, 5.41) is 12.2. The average molecular weight is 237 g/mol. The molecule has 0 N–H and O–H groups in total. The van der Waals surface area contributed by atoms with Crippen LogP contribution in [0.2, 0.25) is 0 Å². The molecule has 0 saturated heterocycles. The Bertz CT molecular complexity index is 420. The van der Waals surface area contributed by atoms with E-state index in [1.54, 1.807) is 25.9 Å². The third-order valence-electron chi connectivity index (χ3n) is 2.26. The van der Waals surface area contributed by atoms with Gasteiger partial charge < -0.3 is 0 Å². The third-order valence-corrected chi connectivity index (χ3v) is 3.42. The second-order valence-electron chi connectivity index (χ2n) is 3.40. The van der Waals surface area contributed by atoms with Gasteiger partial charge in [-0.25, -0.2) is 0 Å². The quantitative estimate of drug-likeness (QED) is 0.758. The van der Waals surface area contributed by atoms with Gasteiger partial charge >= 0.3 is 5.17 Å². The topological polar surface area (TPSA) is 46.3 Å². The first kappa shape index (κ1) is 11.3. The van der Waals surface area contributed by atoms with Crippen LogP contribution in [0, 0.1) is 0 Å². The van der Waals surface area contributed by atoms with E-state index in [9.17, 15) is 0 Å². The molecule has 0 amide bonds. The van der Waals surface area contributed by atoms with Gasteiger partial charge in [-0.2, -0.15) is 4.84 Å². The highest BCUT2D eigenvalue weighted by Crippen LogP contribution is 2.25. The molecule has 0 bridgehead atoms. The lowest BCUT2D eigenvalue weighted by atomic mass is 10.2. The largest absolute Gasteiger partial charge is 0.346 e. The van der Waals surface area contributed by atoms with Crippen LogP contribution in [0.25, 0.3) is 0 Å². The zero-order valence-electron chi connectivity index (χ0n) is 9.20. The van der Waals surface area contributed by atoms with Crippen LogP contribution in [0.1, 0.15) is 5.56 Å². The van der Waals surface area contributed by atoms with Crippen molar-refractivity contribution >= 4 is 16.9 Å². The van der Waals surface area contributed by atoms with E-state index in [4.69, 9.17) is 4.84 Å². The van der Waals surface area contributed by atoms with Gasteiger partial charge in [-0.3, -0.25) is 0 Å². The van der Waals surface area contributed by atoms with E-state index >= 15 is 0 Å². The number of quaternary nitrogens is 1. The summed E-state index contributed by atoms with van der Waals surface area (Å²) in [6.07, 6.45) is 0. The molecule has 1 aliphatic rings. The van der Waals surface area contributed by atoms with Crippen molar-refractivity contribution in [2.24, 2.45) is 15.5 Å². The number of thioether (sulfide) groups is 1. The van der Waals surface area contributed by atoms with E-state index in [-0.39, 0.29) is 4.76 Å². The molecule has 0 aromatic heterocycles. The second kappa shape index (κ2) is 4.73. The van der Waals surface area contributed by atoms with Crippen LogP contribution in [0.4, 0.5) is 0 Å². The summed E-state index contributed by atoms with van der Waals surface area (Å²) in [5.74, 6) is 0.835. The van der Waals surface area contributed by atoms with Crippen molar-refractivity contribution < 1.29 is 9.59 Å². The van der Waals surface area contributed by atoms with Gasteiger partial charge in [-0.05, 0) is 17.3 Å².